The van der Waals surface area contributed by atoms with Crippen molar-refractivity contribution < 1.29 is 25.2 Å². The molecule has 5 heteroatoms. The van der Waals surface area contributed by atoms with Crippen molar-refractivity contribution in [2.75, 3.05) is 39.6 Å². The van der Waals surface area contributed by atoms with Crippen molar-refractivity contribution in [1.82, 2.24) is 0 Å². The Balaban J connectivity index is 0. The lowest BCUT2D eigenvalue weighted by Gasteiger charge is -2.23. The van der Waals surface area contributed by atoms with Gasteiger partial charge in [-0.05, 0) is 12.8 Å². The molecule has 0 atom stereocenters. The standard InChI is InChI=1S/C10H22O.C5H12O4/c1-3-5-7-9-11-10-8-6-4-2;6-1-5(2-7,3-8)4-9/h3-10H2,1-2H3;6-9H,1-4H2. The summed E-state index contributed by atoms with van der Waals surface area (Å²) in [6.07, 6.45) is 7.68. The predicted molar refractivity (Wildman–Crippen MR) is 80.6 cm³/mol. The van der Waals surface area contributed by atoms with Gasteiger partial charge in [0.2, 0.25) is 0 Å². The molecule has 0 unspecified atom stereocenters. The number of unbranched alkanes of at least 4 members (excludes halogenated alkanes) is 4. The zero-order valence-corrected chi connectivity index (χ0v) is 13.2. The average Bonchev–Trinajstić information content (AvgIpc) is 2.50. The van der Waals surface area contributed by atoms with Gasteiger partial charge in [0.15, 0.2) is 0 Å². The highest BCUT2D eigenvalue weighted by Crippen LogP contribution is 2.11. The van der Waals surface area contributed by atoms with Crippen molar-refractivity contribution >= 4 is 0 Å². The summed E-state index contributed by atoms with van der Waals surface area (Å²) in [6, 6.07) is 0. The first-order valence-electron chi connectivity index (χ1n) is 7.67. The van der Waals surface area contributed by atoms with E-state index in [1.165, 1.54) is 38.5 Å². The molecular formula is C15H34O5. The molecule has 0 fully saturated rings. The van der Waals surface area contributed by atoms with Crippen LogP contribution in [0.4, 0.5) is 0 Å². The minimum atomic E-state index is -1.11. The molecule has 0 radical (unpaired) electrons. The molecule has 0 aromatic rings. The molecule has 0 saturated heterocycles. The third kappa shape index (κ3) is 12.8. The van der Waals surface area contributed by atoms with E-state index in [0.29, 0.717) is 0 Å². The Morgan fingerprint density at radius 2 is 1.00 bits per heavy atom. The minimum absolute atomic E-state index is 0.406. The topological polar surface area (TPSA) is 90.2 Å². The van der Waals surface area contributed by atoms with Crippen molar-refractivity contribution in [3.63, 3.8) is 0 Å². The van der Waals surface area contributed by atoms with Crippen molar-refractivity contribution in [2.24, 2.45) is 5.41 Å². The van der Waals surface area contributed by atoms with Gasteiger partial charge in [0.1, 0.15) is 0 Å². The predicted octanol–water partition coefficient (Wildman–Crippen LogP) is 1.33. The quantitative estimate of drug-likeness (QED) is 0.408. The van der Waals surface area contributed by atoms with Crippen LogP contribution < -0.4 is 0 Å². The van der Waals surface area contributed by atoms with Gasteiger partial charge in [-0.2, -0.15) is 0 Å². The Bertz CT molecular complexity index is 146. The molecule has 20 heavy (non-hydrogen) atoms. The monoisotopic (exact) mass is 294 g/mol. The smallest absolute Gasteiger partial charge is 0.0627 e. The van der Waals surface area contributed by atoms with E-state index in [1.54, 1.807) is 0 Å². The van der Waals surface area contributed by atoms with Gasteiger partial charge in [-0.25, -0.2) is 0 Å². The Hall–Kier alpha value is -0.200. The highest BCUT2D eigenvalue weighted by atomic mass is 16.5. The van der Waals surface area contributed by atoms with Gasteiger partial charge in [-0.15, -0.1) is 0 Å². The molecule has 0 aliphatic heterocycles. The maximum Gasteiger partial charge on any atom is 0.0627 e. The maximum atomic E-state index is 8.50. The molecule has 0 spiro atoms. The zero-order chi connectivity index (χ0) is 15.7. The average molecular weight is 294 g/mol. The lowest BCUT2D eigenvalue weighted by Crippen LogP contribution is -2.37. The van der Waals surface area contributed by atoms with Crippen LogP contribution in [0.2, 0.25) is 0 Å². The van der Waals surface area contributed by atoms with Crippen molar-refractivity contribution in [2.45, 2.75) is 52.4 Å². The van der Waals surface area contributed by atoms with Gasteiger partial charge < -0.3 is 25.2 Å². The second-order valence-corrected chi connectivity index (χ2v) is 5.16. The first kappa shape index (κ1) is 22.1. The fourth-order valence-electron chi connectivity index (χ4n) is 1.31. The molecule has 0 bridgehead atoms. The first-order valence-corrected chi connectivity index (χ1v) is 7.67. The molecule has 0 rings (SSSR count). The Morgan fingerprint density at radius 3 is 1.20 bits per heavy atom. The summed E-state index contributed by atoms with van der Waals surface area (Å²) >= 11 is 0. The summed E-state index contributed by atoms with van der Waals surface area (Å²) in [6.45, 7) is 4.75. The molecule has 0 aliphatic rings. The molecule has 5 nitrogen and oxygen atoms in total. The summed E-state index contributed by atoms with van der Waals surface area (Å²) in [4.78, 5) is 0. The third-order valence-electron chi connectivity index (χ3n) is 3.13. The molecule has 4 N–H and O–H groups in total. The Morgan fingerprint density at radius 1 is 0.650 bits per heavy atom. The molecule has 0 aliphatic carbocycles. The zero-order valence-electron chi connectivity index (χ0n) is 13.2. The van der Waals surface area contributed by atoms with E-state index in [1.807, 2.05) is 0 Å². The van der Waals surface area contributed by atoms with Crippen LogP contribution in [0.5, 0.6) is 0 Å². The summed E-state index contributed by atoms with van der Waals surface area (Å²) in [5.41, 5.74) is -1.11. The number of ether oxygens (including phenoxy) is 1. The second kappa shape index (κ2) is 16.9. The van der Waals surface area contributed by atoms with Crippen LogP contribution in [-0.4, -0.2) is 60.1 Å². The number of hydrogen-bond acceptors (Lipinski definition) is 5. The van der Waals surface area contributed by atoms with Crippen LogP contribution in [0.3, 0.4) is 0 Å². The largest absolute Gasteiger partial charge is 0.396 e. The molecule has 0 amide bonds. The normalized spacial score (nSPS) is 11.1. The molecule has 0 heterocycles. The summed E-state index contributed by atoms with van der Waals surface area (Å²) in [5.74, 6) is 0. The van der Waals surface area contributed by atoms with Crippen LogP contribution >= 0.6 is 0 Å². The molecule has 0 saturated carbocycles. The van der Waals surface area contributed by atoms with Crippen molar-refractivity contribution in [3.05, 3.63) is 0 Å². The Labute approximate surface area is 123 Å². The summed E-state index contributed by atoms with van der Waals surface area (Å²) < 4.78 is 5.44. The lowest BCUT2D eigenvalue weighted by molar-refractivity contribution is -0.0328. The first-order chi connectivity index (χ1) is 9.66. The van der Waals surface area contributed by atoms with Crippen molar-refractivity contribution in [3.8, 4) is 0 Å². The number of rotatable bonds is 12. The minimum Gasteiger partial charge on any atom is -0.396 e. The molecule has 124 valence electrons. The number of aliphatic hydroxyl groups excluding tert-OH is 4. The van der Waals surface area contributed by atoms with Gasteiger partial charge in [-0.1, -0.05) is 39.5 Å². The SMILES string of the molecule is CCCCCOCCCCC.OCC(CO)(CO)CO. The van der Waals surface area contributed by atoms with Crippen LogP contribution in [-0.2, 0) is 4.74 Å². The molecular weight excluding hydrogens is 260 g/mol. The van der Waals surface area contributed by atoms with E-state index in [9.17, 15) is 0 Å². The lowest BCUT2D eigenvalue weighted by atomic mass is 9.93. The van der Waals surface area contributed by atoms with E-state index in [0.717, 1.165) is 13.2 Å². The van der Waals surface area contributed by atoms with Crippen LogP contribution in [0, 0.1) is 5.41 Å². The van der Waals surface area contributed by atoms with E-state index in [-0.39, 0.29) is 0 Å². The maximum absolute atomic E-state index is 8.50. The van der Waals surface area contributed by atoms with Gasteiger partial charge in [0.05, 0.1) is 31.8 Å². The summed E-state index contributed by atoms with van der Waals surface area (Å²) in [7, 11) is 0. The van der Waals surface area contributed by atoms with E-state index in [2.05, 4.69) is 13.8 Å². The van der Waals surface area contributed by atoms with Gasteiger partial charge in [0, 0.05) is 13.2 Å². The molecule has 0 aromatic heterocycles. The van der Waals surface area contributed by atoms with Crippen molar-refractivity contribution in [1.29, 1.82) is 0 Å². The van der Waals surface area contributed by atoms with Crippen LogP contribution in [0.1, 0.15) is 52.4 Å². The van der Waals surface area contributed by atoms with Gasteiger partial charge >= 0.3 is 0 Å². The fraction of sp³-hybridized carbons (Fsp3) is 1.00. The second-order valence-electron chi connectivity index (χ2n) is 5.16. The molecule has 0 aromatic carbocycles. The van der Waals surface area contributed by atoms with E-state index < -0.39 is 31.8 Å². The Kier molecular flexibility index (Phi) is 18.6. The summed E-state index contributed by atoms with van der Waals surface area (Å²) in [5, 5.41) is 34.0. The third-order valence-corrected chi connectivity index (χ3v) is 3.13. The van der Waals surface area contributed by atoms with Crippen LogP contribution in [0.25, 0.3) is 0 Å². The number of aliphatic hydroxyl groups is 4. The highest BCUT2D eigenvalue weighted by Gasteiger charge is 2.26. The number of hydrogen-bond donors (Lipinski definition) is 4. The fourth-order valence-corrected chi connectivity index (χ4v) is 1.31. The van der Waals surface area contributed by atoms with Crippen LogP contribution in [0.15, 0.2) is 0 Å². The van der Waals surface area contributed by atoms with Gasteiger partial charge in [-0.3, -0.25) is 0 Å². The van der Waals surface area contributed by atoms with E-state index in [4.69, 9.17) is 25.2 Å². The van der Waals surface area contributed by atoms with Gasteiger partial charge in [0.25, 0.3) is 0 Å². The van der Waals surface area contributed by atoms with E-state index >= 15 is 0 Å². The highest BCUT2D eigenvalue weighted by molar-refractivity contribution is 4.74.